The molecule has 3 heterocycles. The number of aliphatic hydroxyl groups is 4. The summed E-state index contributed by atoms with van der Waals surface area (Å²) in [7, 11) is 1.58. The number of hydrogen-bond acceptors (Lipinski definition) is 10. The normalized spacial score (nSPS) is 24.8. The van der Waals surface area contributed by atoms with Crippen molar-refractivity contribution in [2.75, 3.05) is 25.6 Å². The van der Waals surface area contributed by atoms with Crippen LogP contribution in [0.2, 0.25) is 0 Å². The maximum atomic E-state index is 10.3. The van der Waals surface area contributed by atoms with Crippen LogP contribution in [0.15, 0.2) is 36.9 Å². The van der Waals surface area contributed by atoms with Crippen LogP contribution in [-0.2, 0) is 4.74 Å². The number of aliphatic hydroxyl groups excluding tert-OH is 4. The molecule has 0 radical (unpaired) electrons. The van der Waals surface area contributed by atoms with E-state index in [0.717, 1.165) is 5.56 Å². The van der Waals surface area contributed by atoms with Crippen LogP contribution in [-0.4, -0.2) is 78.6 Å². The van der Waals surface area contributed by atoms with Crippen LogP contribution in [0.4, 0.5) is 5.82 Å². The Hall–Kier alpha value is -2.83. The largest absolute Gasteiger partial charge is 0.497 e. The number of rotatable bonds is 7. The Morgan fingerprint density at radius 3 is 2.53 bits per heavy atom. The number of hydrogen-bond donors (Lipinski definition) is 5. The Labute approximate surface area is 171 Å². The van der Waals surface area contributed by atoms with Gasteiger partial charge in [-0.2, -0.15) is 0 Å². The van der Waals surface area contributed by atoms with Crippen LogP contribution in [0.1, 0.15) is 17.8 Å². The first-order chi connectivity index (χ1) is 14.6. The lowest BCUT2D eigenvalue weighted by atomic mass is 10.1. The molecule has 5 N–H and O–H groups in total. The van der Waals surface area contributed by atoms with Gasteiger partial charge in [-0.25, -0.2) is 15.0 Å². The first-order valence-electron chi connectivity index (χ1n) is 9.38. The molecule has 3 aromatic rings. The first kappa shape index (κ1) is 20.4. The van der Waals surface area contributed by atoms with Crippen LogP contribution < -0.4 is 10.1 Å². The molecule has 11 nitrogen and oxygen atoms in total. The number of imidazole rings is 1. The number of benzene rings is 1. The third-order valence-electron chi connectivity index (χ3n) is 5.16. The van der Waals surface area contributed by atoms with Gasteiger partial charge in [0, 0.05) is 0 Å². The van der Waals surface area contributed by atoms with Gasteiger partial charge < -0.3 is 35.2 Å². The topological polar surface area (TPSA) is 155 Å². The smallest absolute Gasteiger partial charge is 0.167 e. The lowest BCUT2D eigenvalue weighted by molar-refractivity contribution is -0.0511. The first-order valence-corrected chi connectivity index (χ1v) is 9.38. The van der Waals surface area contributed by atoms with Crippen molar-refractivity contribution >= 4 is 17.0 Å². The number of aromatic nitrogens is 4. The molecule has 0 spiro atoms. The third kappa shape index (κ3) is 3.57. The quantitative estimate of drug-likeness (QED) is 0.343. The van der Waals surface area contributed by atoms with Crippen molar-refractivity contribution in [3.05, 3.63) is 42.5 Å². The molecular weight excluding hydrogens is 394 g/mol. The van der Waals surface area contributed by atoms with Crippen LogP contribution in [0.3, 0.4) is 0 Å². The molecule has 160 valence electrons. The van der Waals surface area contributed by atoms with Gasteiger partial charge in [0.15, 0.2) is 23.2 Å². The average Bonchev–Trinajstić information content (AvgIpc) is 3.33. The standard InChI is InChI=1S/C19H23N5O6/c1-29-11-4-2-10(3-5-11)12(6-25)23-17-14-18(21-8-20-17)24(9-22-14)19-16(28)15(27)13(7-26)30-19/h2-5,8-9,12-13,15-16,19,25-28H,6-7H2,1H3,(H,20,21,23)/t12-,13+,15?,16-,19+/m0/s1. The van der Waals surface area contributed by atoms with Crippen molar-refractivity contribution in [3.63, 3.8) is 0 Å². The van der Waals surface area contributed by atoms with Gasteiger partial charge in [0.2, 0.25) is 0 Å². The number of methoxy groups -OCH3 is 1. The van der Waals surface area contributed by atoms with E-state index in [1.807, 2.05) is 12.1 Å². The fraction of sp³-hybridized carbons (Fsp3) is 0.421. The predicted octanol–water partition coefficient (Wildman–Crippen LogP) is -0.408. The van der Waals surface area contributed by atoms with E-state index in [0.29, 0.717) is 22.7 Å². The zero-order valence-electron chi connectivity index (χ0n) is 16.2. The molecule has 30 heavy (non-hydrogen) atoms. The van der Waals surface area contributed by atoms with E-state index in [-0.39, 0.29) is 6.61 Å². The summed E-state index contributed by atoms with van der Waals surface area (Å²) in [6.07, 6.45) is -1.60. The maximum Gasteiger partial charge on any atom is 0.167 e. The Kier molecular flexibility index (Phi) is 5.79. The Morgan fingerprint density at radius 1 is 1.13 bits per heavy atom. The van der Waals surface area contributed by atoms with Gasteiger partial charge in [-0.15, -0.1) is 0 Å². The number of ether oxygens (including phenoxy) is 2. The number of nitrogens with one attached hydrogen (secondary N) is 1. The molecule has 1 aliphatic rings. The van der Waals surface area contributed by atoms with Crippen LogP contribution in [0.25, 0.3) is 11.2 Å². The molecule has 2 aromatic heterocycles. The molecular formula is C19H23N5O6. The zero-order chi connectivity index (χ0) is 21.3. The molecule has 1 unspecified atom stereocenters. The van der Waals surface area contributed by atoms with E-state index < -0.39 is 37.2 Å². The van der Waals surface area contributed by atoms with Gasteiger partial charge >= 0.3 is 0 Å². The van der Waals surface area contributed by atoms with E-state index in [4.69, 9.17) is 9.47 Å². The summed E-state index contributed by atoms with van der Waals surface area (Å²) in [5, 5.41) is 42.6. The molecule has 0 aliphatic carbocycles. The van der Waals surface area contributed by atoms with Crippen molar-refractivity contribution in [3.8, 4) is 5.75 Å². The van der Waals surface area contributed by atoms with E-state index in [1.54, 1.807) is 19.2 Å². The molecule has 0 saturated carbocycles. The van der Waals surface area contributed by atoms with E-state index >= 15 is 0 Å². The highest BCUT2D eigenvalue weighted by atomic mass is 16.6. The summed E-state index contributed by atoms with van der Waals surface area (Å²) in [5.41, 5.74) is 1.60. The third-order valence-corrected chi connectivity index (χ3v) is 5.16. The van der Waals surface area contributed by atoms with E-state index in [2.05, 4.69) is 20.3 Å². The second kappa shape index (κ2) is 8.50. The Morgan fingerprint density at radius 2 is 1.90 bits per heavy atom. The molecule has 1 aromatic carbocycles. The fourth-order valence-corrected chi connectivity index (χ4v) is 3.49. The highest BCUT2D eigenvalue weighted by Gasteiger charge is 2.44. The minimum atomic E-state index is -1.25. The summed E-state index contributed by atoms with van der Waals surface area (Å²) in [5.74, 6) is 1.09. The van der Waals surface area contributed by atoms with E-state index in [1.165, 1.54) is 17.2 Å². The molecule has 11 heteroatoms. The highest BCUT2D eigenvalue weighted by Crippen LogP contribution is 2.32. The fourth-order valence-electron chi connectivity index (χ4n) is 3.49. The van der Waals surface area contributed by atoms with Gasteiger partial charge in [0.05, 0.1) is 32.7 Å². The highest BCUT2D eigenvalue weighted by molar-refractivity contribution is 5.83. The van der Waals surface area contributed by atoms with Crippen LogP contribution in [0.5, 0.6) is 5.75 Å². The lowest BCUT2D eigenvalue weighted by Crippen LogP contribution is -2.33. The predicted molar refractivity (Wildman–Crippen MR) is 105 cm³/mol. The molecule has 0 amide bonds. The summed E-state index contributed by atoms with van der Waals surface area (Å²) >= 11 is 0. The van der Waals surface area contributed by atoms with E-state index in [9.17, 15) is 20.4 Å². The minimum absolute atomic E-state index is 0.187. The number of nitrogens with zero attached hydrogens (tertiary/aromatic N) is 4. The summed E-state index contributed by atoms with van der Waals surface area (Å²) < 4.78 is 12.2. The summed E-state index contributed by atoms with van der Waals surface area (Å²) in [4.78, 5) is 12.8. The van der Waals surface area contributed by atoms with Gasteiger partial charge in [0.1, 0.15) is 30.4 Å². The second-order valence-electron chi connectivity index (χ2n) is 6.93. The van der Waals surface area contributed by atoms with Gasteiger partial charge in [-0.1, -0.05) is 12.1 Å². The molecule has 0 bridgehead atoms. The Bertz CT molecular complexity index is 997. The van der Waals surface area contributed by atoms with Crippen molar-refractivity contribution in [1.29, 1.82) is 0 Å². The minimum Gasteiger partial charge on any atom is -0.497 e. The number of anilines is 1. The van der Waals surface area contributed by atoms with Gasteiger partial charge in [-0.3, -0.25) is 4.57 Å². The maximum absolute atomic E-state index is 10.3. The molecule has 1 saturated heterocycles. The zero-order valence-corrected chi connectivity index (χ0v) is 16.2. The molecule has 1 aliphatic heterocycles. The SMILES string of the molecule is COc1ccc([C@H](CO)Nc2ncnc3c2ncn3[C@@H]2O[C@H](CO)C(O)[C@@H]2O)cc1. The van der Waals surface area contributed by atoms with Crippen LogP contribution in [0, 0.1) is 0 Å². The molecule has 5 atom stereocenters. The summed E-state index contributed by atoms with van der Waals surface area (Å²) in [6.45, 7) is -0.615. The van der Waals surface area contributed by atoms with Crippen molar-refractivity contribution in [2.24, 2.45) is 0 Å². The second-order valence-corrected chi connectivity index (χ2v) is 6.93. The average molecular weight is 417 g/mol. The summed E-state index contributed by atoms with van der Waals surface area (Å²) in [6, 6.07) is 6.82. The molecule has 1 fully saturated rings. The van der Waals surface area contributed by atoms with Crippen molar-refractivity contribution in [2.45, 2.75) is 30.6 Å². The number of fused-ring (bicyclic) bond motifs is 1. The van der Waals surface area contributed by atoms with Crippen molar-refractivity contribution < 1.29 is 29.9 Å². The van der Waals surface area contributed by atoms with Crippen LogP contribution >= 0.6 is 0 Å². The van der Waals surface area contributed by atoms with Gasteiger partial charge in [-0.05, 0) is 17.7 Å². The Balaban J connectivity index is 1.63. The molecule has 4 rings (SSSR count). The van der Waals surface area contributed by atoms with Gasteiger partial charge in [0.25, 0.3) is 0 Å². The monoisotopic (exact) mass is 417 g/mol. The lowest BCUT2D eigenvalue weighted by Gasteiger charge is -2.18. The van der Waals surface area contributed by atoms with Crippen molar-refractivity contribution in [1.82, 2.24) is 19.5 Å².